The van der Waals surface area contributed by atoms with Crippen LogP contribution in [0.3, 0.4) is 0 Å². The summed E-state index contributed by atoms with van der Waals surface area (Å²) in [6.07, 6.45) is 1.87. The third-order valence-corrected chi connectivity index (χ3v) is 3.22. The maximum absolute atomic E-state index is 13.1. The highest BCUT2D eigenvalue weighted by molar-refractivity contribution is 5.60. The molecule has 2 aromatic rings. The Labute approximate surface area is 99.3 Å². The van der Waals surface area contributed by atoms with E-state index in [1.807, 2.05) is 18.2 Å². The molecule has 0 radical (unpaired) electrons. The Bertz CT molecular complexity index is 566. The molecule has 0 bridgehead atoms. The number of fused-ring (bicyclic) bond motifs is 1. The van der Waals surface area contributed by atoms with E-state index < -0.39 is 0 Å². The van der Waals surface area contributed by atoms with Crippen molar-refractivity contribution in [1.29, 1.82) is 0 Å². The van der Waals surface area contributed by atoms with E-state index in [2.05, 4.69) is 4.98 Å². The van der Waals surface area contributed by atoms with Gasteiger partial charge in [0.15, 0.2) is 0 Å². The van der Waals surface area contributed by atoms with Gasteiger partial charge in [0.1, 0.15) is 5.82 Å². The zero-order valence-electron chi connectivity index (χ0n) is 9.36. The second-order valence-corrected chi connectivity index (χ2v) is 4.39. The number of nitrogens with two attached hydrogens (primary N) is 1. The molecule has 0 saturated heterocycles. The van der Waals surface area contributed by atoms with Crippen LogP contribution in [0.1, 0.15) is 23.7 Å². The van der Waals surface area contributed by atoms with Crippen molar-refractivity contribution in [3.05, 3.63) is 53.5 Å². The highest BCUT2D eigenvalue weighted by Crippen LogP contribution is 2.30. The summed E-state index contributed by atoms with van der Waals surface area (Å²) in [4.78, 5) is 4.57. The Morgan fingerprint density at radius 3 is 2.94 bits per heavy atom. The first-order valence-electron chi connectivity index (χ1n) is 5.75. The minimum absolute atomic E-state index is 0.110. The zero-order valence-corrected chi connectivity index (χ0v) is 9.36. The van der Waals surface area contributed by atoms with Gasteiger partial charge in [0.25, 0.3) is 0 Å². The number of hydrogen-bond acceptors (Lipinski definition) is 2. The van der Waals surface area contributed by atoms with E-state index in [9.17, 15) is 4.39 Å². The van der Waals surface area contributed by atoms with Crippen LogP contribution in [0.5, 0.6) is 0 Å². The Hall–Kier alpha value is -1.74. The molecule has 0 spiro atoms. The van der Waals surface area contributed by atoms with Crippen molar-refractivity contribution in [2.45, 2.75) is 18.9 Å². The number of rotatable bonds is 1. The van der Waals surface area contributed by atoms with Gasteiger partial charge < -0.3 is 5.73 Å². The molecule has 3 rings (SSSR count). The maximum atomic E-state index is 13.1. The Morgan fingerprint density at radius 1 is 1.24 bits per heavy atom. The molecule has 1 aromatic heterocycles. The van der Waals surface area contributed by atoms with Crippen molar-refractivity contribution in [1.82, 2.24) is 4.98 Å². The van der Waals surface area contributed by atoms with Gasteiger partial charge in [-0.1, -0.05) is 18.2 Å². The van der Waals surface area contributed by atoms with Crippen molar-refractivity contribution in [2.24, 2.45) is 5.73 Å². The van der Waals surface area contributed by atoms with Gasteiger partial charge in [0.05, 0.1) is 5.69 Å². The van der Waals surface area contributed by atoms with Crippen molar-refractivity contribution < 1.29 is 4.39 Å². The summed E-state index contributed by atoms with van der Waals surface area (Å²) in [5.74, 6) is -0.235. The summed E-state index contributed by atoms with van der Waals surface area (Å²) < 4.78 is 13.1. The van der Waals surface area contributed by atoms with Crippen molar-refractivity contribution in [3.8, 4) is 11.3 Å². The van der Waals surface area contributed by atoms with Crippen LogP contribution >= 0.6 is 0 Å². The Morgan fingerprint density at radius 2 is 2.12 bits per heavy atom. The average molecular weight is 228 g/mol. The molecule has 0 amide bonds. The Kier molecular flexibility index (Phi) is 2.41. The second-order valence-electron chi connectivity index (χ2n) is 4.39. The number of aromatic nitrogens is 1. The molecule has 1 aliphatic carbocycles. The lowest BCUT2D eigenvalue weighted by Gasteiger charge is -2.06. The number of nitrogens with zero attached hydrogens (tertiary/aromatic N) is 1. The van der Waals surface area contributed by atoms with Gasteiger partial charge in [0, 0.05) is 17.3 Å². The number of halogens is 1. The van der Waals surface area contributed by atoms with Crippen LogP contribution in [0, 0.1) is 5.82 Å². The monoisotopic (exact) mass is 228 g/mol. The molecule has 3 heteroatoms. The summed E-state index contributed by atoms with van der Waals surface area (Å²) in [5.41, 5.74) is 9.77. The third-order valence-electron chi connectivity index (χ3n) is 3.22. The lowest BCUT2D eigenvalue weighted by molar-refractivity contribution is 0.628. The maximum Gasteiger partial charge on any atom is 0.123 e. The standard InChI is InChI=1S/C14H13FN2/c15-10-3-1-2-9(8-10)13-6-4-11-12(16)5-7-14(11)17-13/h1-4,6,8,12H,5,7,16H2. The van der Waals surface area contributed by atoms with Gasteiger partial charge in [-0.25, -0.2) is 4.39 Å². The first-order valence-corrected chi connectivity index (χ1v) is 5.75. The molecule has 0 saturated carbocycles. The lowest BCUT2D eigenvalue weighted by Crippen LogP contribution is -2.05. The highest BCUT2D eigenvalue weighted by Gasteiger charge is 2.20. The fourth-order valence-corrected chi connectivity index (χ4v) is 2.31. The van der Waals surface area contributed by atoms with Gasteiger partial charge in [-0.2, -0.15) is 0 Å². The van der Waals surface area contributed by atoms with Crippen LogP contribution in [0.15, 0.2) is 36.4 Å². The molecular weight excluding hydrogens is 215 g/mol. The van der Waals surface area contributed by atoms with Gasteiger partial charge in [-0.3, -0.25) is 4.98 Å². The summed E-state index contributed by atoms with van der Waals surface area (Å²) >= 11 is 0. The van der Waals surface area contributed by atoms with E-state index in [1.165, 1.54) is 12.1 Å². The molecule has 1 atom stereocenters. The number of pyridine rings is 1. The minimum Gasteiger partial charge on any atom is -0.324 e. The predicted octanol–water partition coefficient (Wildman–Crippen LogP) is 2.83. The normalized spacial score (nSPS) is 18.1. The summed E-state index contributed by atoms with van der Waals surface area (Å²) in [5, 5.41) is 0. The van der Waals surface area contributed by atoms with Crippen molar-refractivity contribution in [3.63, 3.8) is 0 Å². The lowest BCUT2D eigenvalue weighted by atomic mass is 10.1. The first kappa shape index (κ1) is 10.4. The molecule has 1 unspecified atom stereocenters. The van der Waals surface area contributed by atoms with Crippen LogP contribution in [0.4, 0.5) is 4.39 Å². The number of aryl methyl sites for hydroxylation is 1. The molecule has 17 heavy (non-hydrogen) atoms. The fourth-order valence-electron chi connectivity index (χ4n) is 2.31. The van der Waals surface area contributed by atoms with E-state index in [1.54, 1.807) is 6.07 Å². The fraction of sp³-hybridized carbons (Fsp3) is 0.214. The Balaban J connectivity index is 2.06. The van der Waals surface area contributed by atoms with Crippen molar-refractivity contribution >= 4 is 0 Å². The molecule has 2 nitrogen and oxygen atoms in total. The quantitative estimate of drug-likeness (QED) is 0.815. The van der Waals surface area contributed by atoms with Crippen LogP contribution in [0.25, 0.3) is 11.3 Å². The van der Waals surface area contributed by atoms with Crippen LogP contribution in [-0.2, 0) is 6.42 Å². The minimum atomic E-state index is -0.235. The molecule has 0 aliphatic heterocycles. The third kappa shape index (κ3) is 1.83. The molecule has 0 fully saturated rings. The van der Waals surface area contributed by atoms with Crippen LogP contribution in [0.2, 0.25) is 0 Å². The molecule has 1 aromatic carbocycles. The smallest absolute Gasteiger partial charge is 0.123 e. The van der Waals surface area contributed by atoms with E-state index in [-0.39, 0.29) is 11.9 Å². The molecular formula is C14H13FN2. The summed E-state index contributed by atoms with van der Waals surface area (Å²) in [6.45, 7) is 0. The summed E-state index contributed by atoms with van der Waals surface area (Å²) in [7, 11) is 0. The van der Waals surface area contributed by atoms with Gasteiger partial charge in [-0.15, -0.1) is 0 Å². The number of benzene rings is 1. The van der Waals surface area contributed by atoms with E-state index in [0.717, 1.165) is 35.4 Å². The van der Waals surface area contributed by atoms with E-state index >= 15 is 0 Å². The predicted molar refractivity (Wildman–Crippen MR) is 64.9 cm³/mol. The SMILES string of the molecule is NC1CCc2nc(-c3cccc(F)c3)ccc21. The van der Waals surface area contributed by atoms with Gasteiger partial charge in [0.2, 0.25) is 0 Å². The molecule has 1 heterocycles. The average Bonchev–Trinajstić information content (AvgIpc) is 2.71. The van der Waals surface area contributed by atoms with Crippen molar-refractivity contribution in [2.75, 3.05) is 0 Å². The van der Waals surface area contributed by atoms with Crippen LogP contribution in [-0.4, -0.2) is 4.98 Å². The van der Waals surface area contributed by atoms with E-state index in [4.69, 9.17) is 5.73 Å². The molecule has 1 aliphatic rings. The van der Waals surface area contributed by atoms with Crippen LogP contribution < -0.4 is 5.73 Å². The largest absolute Gasteiger partial charge is 0.324 e. The molecule has 86 valence electrons. The van der Waals surface area contributed by atoms with E-state index in [0.29, 0.717) is 0 Å². The topological polar surface area (TPSA) is 38.9 Å². The number of hydrogen-bond donors (Lipinski definition) is 1. The van der Waals surface area contributed by atoms with Gasteiger partial charge in [-0.05, 0) is 36.6 Å². The second kappa shape index (κ2) is 3.93. The molecule has 2 N–H and O–H groups in total. The highest BCUT2D eigenvalue weighted by atomic mass is 19.1. The zero-order chi connectivity index (χ0) is 11.8. The summed E-state index contributed by atoms with van der Waals surface area (Å²) in [6, 6.07) is 10.5. The van der Waals surface area contributed by atoms with Gasteiger partial charge >= 0.3 is 0 Å². The first-order chi connectivity index (χ1) is 8.24.